The fraction of sp³-hybridized carbons (Fsp3) is 0.727. The molecule has 116 valence electrons. The number of nitro groups is 2. The van der Waals surface area contributed by atoms with Crippen LogP contribution in [0.25, 0.3) is 0 Å². The van der Waals surface area contributed by atoms with Gasteiger partial charge in [0.2, 0.25) is 5.54 Å². The number of piperidine rings is 1. The van der Waals surface area contributed by atoms with E-state index in [0.29, 0.717) is 0 Å². The Kier molecular flexibility index (Phi) is 3.68. The summed E-state index contributed by atoms with van der Waals surface area (Å²) in [5.74, 6) is -1.44. The molecule has 10 heteroatoms. The third kappa shape index (κ3) is 2.25. The molecule has 2 atom stereocenters. The highest BCUT2D eigenvalue weighted by Crippen LogP contribution is 2.44. The molecule has 1 fully saturated rings. The molecule has 2 aliphatic rings. The molecule has 1 saturated heterocycles. The lowest BCUT2D eigenvalue weighted by atomic mass is 9.68. The maximum absolute atomic E-state index is 11.5. The first-order valence-electron chi connectivity index (χ1n) is 6.33. The minimum absolute atomic E-state index is 0.0259. The van der Waals surface area contributed by atoms with Crippen LogP contribution in [0.3, 0.4) is 0 Å². The van der Waals surface area contributed by atoms with Crippen LogP contribution >= 0.6 is 0 Å². The number of carbonyl (C=O) groups is 1. The van der Waals surface area contributed by atoms with Gasteiger partial charge in [-0.05, 0) is 0 Å². The van der Waals surface area contributed by atoms with Crippen LogP contribution in [0.5, 0.6) is 0 Å². The van der Waals surface area contributed by atoms with Crippen molar-refractivity contribution in [3.63, 3.8) is 0 Å². The molecule has 10 nitrogen and oxygen atoms in total. The van der Waals surface area contributed by atoms with Crippen molar-refractivity contribution in [1.29, 1.82) is 0 Å². The summed E-state index contributed by atoms with van der Waals surface area (Å²) in [5.41, 5.74) is -4.00. The van der Waals surface area contributed by atoms with Crippen molar-refractivity contribution in [2.24, 2.45) is 0 Å². The van der Waals surface area contributed by atoms with Crippen LogP contribution in [-0.4, -0.2) is 68.2 Å². The molecular formula is C11H15N3O7. The zero-order valence-corrected chi connectivity index (χ0v) is 11.1. The van der Waals surface area contributed by atoms with E-state index in [2.05, 4.69) is 0 Å². The predicted molar refractivity (Wildman–Crippen MR) is 67.9 cm³/mol. The summed E-state index contributed by atoms with van der Waals surface area (Å²) in [5, 5.41) is 41.1. The van der Waals surface area contributed by atoms with Gasteiger partial charge in [0.25, 0.3) is 5.54 Å². The number of carboxylic acids is 1. The molecule has 1 aliphatic carbocycles. The normalized spacial score (nSPS) is 32.3. The van der Waals surface area contributed by atoms with E-state index < -0.39 is 38.9 Å². The highest BCUT2D eigenvalue weighted by molar-refractivity contribution is 5.89. The number of carboxylic acid groups (broad SMARTS) is 1. The minimum Gasteiger partial charge on any atom is -0.478 e. The summed E-state index contributed by atoms with van der Waals surface area (Å²) in [6.07, 6.45) is 0.493. The van der Waals surface area contributed by atoms with E-state index in [4.69, 9.17) is 5.11 Å². The van der Waals surface area contributed by atoms with Crippen LogP contribution in [0.15, 0.2) is 11.6 Å². The highest BCUT2D eigenvalue weighted by atomic mass is 16.6. The predicted octanol–water partition coefficient (Wildman–Crippen LogP) is -0.870. The highest BCUT2D eigenvalue weighted by Gasteiger charge is 2.66. The van der Waals surface area contributed by atoms with Gasteiger partial charge in [0.1, 0.15) is 5.57 Å². The third-order valence-electron chi connectivity index (χ3n) is 4.20. The lowest BCUT2D eigenvalue weighted by molar-refractivity contribution is -0.620. The SMILES string of the molecule is O=C(O)C1=CC[C@@]2([N+](=O)[O-])CN(CCO)C[C@]1([N+](=O)[O-])C2. The van der Waals surface area contributed by atoms with E-state index >= 15 is 0 Å². The molecule has 2 N–H and O–H groups in total. The lowest BCUT2D eigenvalue weighted by Crippen LogP contribution is -2.68. The Labute approximate surface area is 119 Å². The molecule has 0 amide bonds. The number of aliphatic carboxylic acids is 1. The standard InChI is InChI=1S/C11H15N3O7/c15-4-3-12-6-10(13(18)19)2-1-8(9(16)17)11(5-10,7-12)14(20)21/h1,15H,2-7H2,(H,16,17)/t10-,11+/m0/s1. The number of hydrogen-bond acceptors (Lipinski definition) is 7. The van der Waals surface area contributed by atoms with E-state index in [0.717, 1.165) is 6.08 Å². The molecule has 0 aromatic carbocycles. The van der Waals surface area contributed by atoms with Gasteiger partial charge in [-0.1, -0.05) is 6.08 Å². The summed E-state index contributed by atoms with van der Waals surface area (Å²) >= 11 is 0. The van der Waals surface area contributed by atoms with Crippen LogP contribution in [0.2, 0.25) is 0 Å². The first-order valence-corrected chi connectivity index (χ1v) is 6.33. The van der Waals surface area contributed by atoms with Crippen LogP contribution < -0.4 is 0 Å². The monoisotopic (exact) mass is 301 g/mol. The molecule has 0 unspecified atom stereocenters. The van der Waals surface area contributed by atoms with E-state index in [-0.39, 0.29) is 32.7 Å². The minimum atomic E-state index is -2.01. The van der Waals surface area contributed by atoms with Crippen LogP contribution in [0.1, 0.15) is 12.8 Å². The number of β-amino-alcohol motifs (C(OH)–C–C–N with tert-alkyl or cyclic N) is 1. The zero-order valence-electron chi connectivity index (χ0n) is 11.1. The summed E-state index contributed by atoms with van der Waals surface area (Å²) in [7, 11) is 0. The Morgan fingerprint density at radius 2 is 2.00 bits per heavy atom. The Morgan fingerprint density at radius 3 is 2.48 bits per heavy atom. The van der Waals surface area contributed by atoms with Crippen molar-refractivity contribution >= 4 is 5.97 Å². The maximum atomic E-state index is 11.5. The van der Waals surface area contributed by atoms with Gasteiger partial charge in [-0.15, -0.1) is 0 Å². The third-order valence-corrected chi connectivity index (χ3v) is 4.20. The first kappa shape index (κ1) is 15.3. The quantitative estimate of drug-likeness (QED) is 0.492. The summed E-state index contributed by atoms with van der Waals surface area (Å²) in [4.78, 5) is 34.3. The molecule has 0 aromatic heterocycles. The van der Waals surface area contributed by atoms with Gasteiger partial charge in [0, 0.05) is 22.8 Å². The van der Waals surface area contributed by atoms with Gasteiger partial charge in [-0.25, -0.2) is 4.79 Å². The topological polar surface area (TPSA) is 147 Å². The molecule has 2 rings (SSSR count). The molecule has 0 aromatic rings. The zero-order chi connectivity index (χ0) is 15.8. The van der Waals surface area contributed by atoms with Crippen molar-refractivity contribution in [3.8, 4) is 0 Å². The van der Waals surface area contributed by atoms with E-state index in [1.54, 1.807) is 0 Å². The van der Waals surface area contributed by atoms with Crippen molar-refractivity contribution in [1.82, 2.24) is 4.90 Å². The maximum Gasteiger partial charge on any atom is 0.338 e. The van der Waals surface area contributed by atoms with Gasteiger partial charge < -0.3 is 10.2 Å². The van der Waals surface area contributed by atoms with Crippen molar-refractivity contribution in [2.75, 3.05) is 26.2 Å². The molecule has 1 heterocycles. The first-order chi connectivity index (χ1) is 9.77. The van der Waals surface area contributed by atoms with E-state index in [9.17, 15) is 30.1 Å². The second-order valence-electron chi connectivity index (χ2n) is 5.51. The summed E-state index contributed by atoms with van der Waals surface area (Å²) in [6.45, 7) is -0.584. The second-order valence-corrected chi connectivity index (χ2v) is 5.51. The Bertz CT molecular complexity index is 534. The Balaban J connectivity index is 2.55. The van der Waals surface area contributed by atoms with Crippen molar-refractivity contribution < 1.29 is 24.9 Å². The van der Waals surface area contributed by atoms with Crippen molar-refractivity contribution in [2.45, 2.75) is 23.9 Å². The molecule has 0 spiro atoms. The number of hydrogen-bond donors (Lipinski definition) is 2. The fourth-order valence-electron chi connectivity index (χ4n) is 3.30. The van der Waals surface area contributed by atoms with Crippen LogP contribution in [0, 0.1) is 20.2 Å². The average Bonchev–Trinajstić information content (AvgIpc) is 2.37. The number of fused-ring (bicyclic) bond motifs is 2. The summed E-state index contributed by atoms with van der Waals surface area (Å²) < 4.78 is 0. The summed E-state index contributed by atoms with van der Waals surface area (Å²) in [6, 6.07) is 0. The fourth-order valence-corrected chi connectivity index (χ4v) is 3.30. The van der Waals surface area contributed by atoms with Gasteiger partial charge in [0.15, 0.2) is 0 Å². The van der Waals surface area contributed by atoms with Gasteiger partial charge in [-0.2, -0.15) is 0 Å². The number of rotatable bonds is 5. The lowest BCUT2D eigenvalue weighted by Gasteiger charge is -2.45. The van der Waals surface area contributed by atoms with Gasteiger partial charge in [-0.3, -0.25) is 25.1 Å². The number of likely N-dealkylation sites (tertiary alicyclic amines) is 1. The number of nitrogens with zero attached hydrogens (tertiary/aromatic N) is 3. The average molecular weight is 301 g/mol. The van der Waals surface area contributed by atoms with Gasteiger partial charge in [0.05, 0.1) is 26.1 Å². The second kappa shape index (κ2) is 5.04. The molecule has 1 aliphatic heterocycles. The van der Waals surface area contributed by atoms with Crippen molar-refractivity contribution in [3.05, 3.63) is 31.9 Å². The van der Waals surface area contributed by atoms with Crippen LogP contribution in [-0.2, 0) is 4.79 Å². The Hall–Kier alpha value is -2.07. The Morgan fingerprint density at radius 1 is 1.33 bits per heavy atom. The molecule has 2 bridgehead atoms. The molecule has 0 saturated carbocycles. The smallest absolute Gasteiger partial charge is 0.338 e. The largest absolute Gasteiger partial charge is 0.478 e. The molecule has 0 radical (unpaired) electrons. The molecule has 21 heavy (non-hydrogen) atoms. The number of aliphatic hydroxyl groups excluding tert-OH is 1. The van der Waals surface area contributed by atoms with E-state index in [1.165, 1.54) is 4.90 Å². The number of aliphatic hydroxyl groups is 1. The molecular weight excluding hydrogens is 286 g/mol. The van der Waals surface area contributed by atoms with E-state index in [1.807, 2.05) is 0 Å². The van der Waals surface area contributed by atoms with Crippen LogP contribution in [0.4, 0.5) is 0 Å². The van der Waals surface area contributed by atoms with Gasteiger partial charge >= 0.3 is 5.97 Å².